The minimum absolute atomic E-state index is 0.121. The van der Waals surface area contributed by atoms with E-state index in [9.17, 15) is 5.11 Å². The van der Waals surface area contributed by atoms with E-state index in [1.54, 1.807) is 0 Å². The van der Waals surface area contributed by atoms with E-state index in [1.165, 1.54) is 11.1 Å². The molecule has 1 heterocycles. The Morgan fingerprint density at radius 2 is 1.81 bits per heavy atom. The third kappa shape index (κ3) is 3.85. The van der Waals surface area contributed by atoms with Gasteiger partial charge in [0.1, 0.15) is 0 Å². The Balaban J connectivity index is 2.14. The molecule has 0 radical (unpaired) electrons. The largest absolute Gasteiger partial charge is 0.394 e. The number of piperazine rings is 1. The van der Waals surface area contributed by atoms with Crippen molar-refractivity contribution in [1.29, 1.82) is 0 Å². The summed E-state index contributed by atoms with van der Waals surface area (Å²) in [6.07, 6.45) is 0. The van der Waals surface area contributed by atoms with Crippen LogP contribution in [0.25, 0.3) is 0 Å². The zero-order valence-electron chi connectivity index (χ0n) is 14.1. The van der Waals surface area contributed by atoms with Crippen LogP contribution in [0.1, 0.15) is 44.9 Å². The summed E-state index contributed by atoms with van der Waals surface area (Å²) in [5.41, 5.74) is 2.74. The summed E-state index contributed by atoms with van der Waals surface area (Å²) in [5, 5.41) is 9.86. The highest BCUT2D eigenvalue weighted by Gasteiger charge is 2.27. The second-order valence-electron chi connectivity index (χ2n) is 7.39. The zero-order chi connectivity index (χ0) is 15.6. The predicted molar refractivity (Wildman–Crippen MR) is 88.6 cm³/mol. The number of aliphatic hydroxyl groups excluding tert-OH is 1. The van der Waals surface area contributed by atoms with Gasteiger partial charge in [-0.25, -0.2) is 0 Å². The second-order valence-corrected chi connectivity index (χ2v) is 7.39. The van der Waals surface area contributed by atoms with Crippen molar-refractivity contribution in [1.82, 2.24) is 9.80 Å². The average Bonchev–Trinajstić information content (AvgIpc) is 2.43. The molecule has 0 spiro atoms. The maximum atomic E-state index is 9.86. The summed E-state index contributed by atoms with van der Waals surface area (Å²) in [6, 6.07) is 9.45. The summed E-state index contributed by atoms with van der Waals surface area (Å²) < 4.78 is 0. The number of rotatable bonds is 3. The molecule has 2 atom stereocenters. The molecule has 3 nitrogen and oxygen atoms in total. The van der Waals surface area contributed by atoms with Crippen molar-refractivity contribution in [2.24, 2.45) is 0 Å². The molecule has 21 heavy (non-hydrogen) atoms. The number of nitrogens with zero attached hydrogens (tertiary/aromatic N) is 2. The number of aliphatic hydroxyl groups is 1. The Morgan fingerprint density at radius 1 is 1.19 bits per heavy atom. The van der Waals surface area contributed by atoms with E-state index in [2.05, 4.69) is 68.8 Å². The summed E-state index contributed by atoms with van der Waals surface area (Å²) in [5.74, 6) is 0. The first kappa shape index (κ1) is 16.5. The Kier molecular flexibility index (Phi) is 5.07. The molecule has 0 bridgehead atoms. The van der Waals surface area contributed by atoms with Gasteiger partial charge in [-0.3, -0.25) is 4.90 Å². The van der Waals surface area contributed by atoms with Crippen LogP contribution in [-0.4, -0.2) is 54.2 Å². The minimum Gasteiger partial charge on any atom is -0.394 e. The number of hydrogen-bond donors (Lipinski definition) is 1. The van der Waals surface area contributed by atoms with E-state index in [4.69, 9.17) is 0 Å². The molecule has 0 aromatic heterocycles. The molecular formula is C18H30N2O. The van der Waals surface area contributed by atoms with Crippen LogP contribution in [0, 0.1) is 0 Å². The molecule has 1 fully saturated rings. The van der Waals surface area contributed by atoms with Crippen LogP contribution in [0.5, 0.6) is 0 Å². The maximum Gasteiger partial charge on any atom is 0.0628 e. The Labute approximate surface area is 129 Å². The molecule has 0 amide bonds. The Bertz CT molecular complexity index is 449. The fourth-order valence-corrected chi connectivity index (χ4v) is 3.00. The molecule has 3 heteroatoms. The average molecular weight is 290 g/mol. The molecule has 2 rings (SSSR count). The van der Waals surface area contributed by atoms with Crippen LogP contribution in [-0.2, 0) is 5.41 Å². The molecule has 1 aliphatic heterocycles. The van der Waals surface area contributed by atoms with Gasteiger partial charge in [0.05, 0.1) is 12.6 Å². The lowest BCUT2D eigenvalue weighted by molar-refractivity contribution is 0.0464. The van der Waals surface area contributed by atoms with Crippen molar-refractivity contribution in [3.63, 3.8) is 0 Å². The topological polar surface area (TPSA) is 26.7 Å². The van der Waals surface area contributed by atoms with Crippen LogP contribution >= 0.6 is 0 Å². The molecule has 0 aliphatic carbocycles. The van der Waals surface area contributed by atoms with Gasteiger partial charge in [0, 0.05) is 25.7 Å². The van der Waals surface area contributed by atoms with Crippen LogP contribution in [0.3, 0.4) is 0 Å². The molecule has 0 saturated carbocycles. The predicted octanol–water partition coefficient (Wildman–Crippen LogP) is 2.65. The first-order valence-corrected chi connectivity index (χ1v) is 7.98. The fraction of sp³-hybridized carbons (Fsp3) is 0.667. The summed E-state index contributed by atoms with van der Waals surface area (Å²) in [4.78, 5) is 4.80. The van der Waals surface area contributed by atoms with Gasteiger partial charge in [0.2, 0.25) is 0 Å². The van der Waals surface area contributed by atoms with Gasteiger partial charge in [-0.1, -0.05) is 45.0 Å². The molecule has 1 aromatic rings. The first-order chi connectivity index (χ1) is 9.82. The lowest BCUT2D eigenvalue weighted by Crippen LogP contribution is -2.51. The fourth-order valence-electron chi connectivity index (χ4n) is 3.00. The van der Waals surface area contributed by atoms with Crippen molar-refractivity contribution in [2.45, 2.75) is 45.2 Å². The first-order valence-electron chi connectivity index (χ1n) is 7.98. The van der Waals surface area contributed by atoms with Gasteiger partial charge in [-0.15, -0.1) is 0 Å². The highest BCUT2D eigenvalue weighted by Crippen LogP contribution is 2.27. The van der Waals surface area contributed by atoms with E-state index < -0.39 is 0 Å². The van der Waals surface area contributed by atoms with Gasteiger partial charge in [0.15, 0.2) is 0 Å². The molecule has 1 aliphatic rings. The standard InChI is InChI=1S/C18H30N2O/c1-14-12-20(11-10-19(14)5)17(13-21)15-6-8-16(9-7-15)18(2,3)4/h6-9,14,17,21H,10-13H2,1-5H3. The smallest absolute Gasteiger partial charge is 0.0628 e. The van der Waals surface area contributed by atoms with E-state index in [0.717, 1.165) is 19.6 Å². The number of benzene rings is 1. The van der Waals surface area contributed by atoms with Gasteiger partial charge in [-0.2, -0.15) is 0 Å². The normalized spacial score (nSPS) is 23.2. The van der Waals surface area contributed by atoms with Crippen molar-refractivity contribution >= 4 is 0 Å². The van der Waals surface area contributed by atoms with Gasteiger partial charge < -0.3 is 10.0 Å². The maximum absolute atomic E-state index is 9.86. The highest BCUT2D eigenvalue weighted by molar-refractivity contribution is 5.29. The minimum atomic E-state index is 0.121. The van der Waals surface area contributed by atoms with E-state index in [0.29, 0.717) is 6.04 Å². The van der Waals surface area contributed by atoms with Crippen LogP contribution in [0.4, 0.5) is 0 Å². The number of hydrogen-bond acceptors (Lipinski definition) is 3. The zero-order valence-corrected chi connectivity index (χ0v) is 14.1. The third-order valence-electron chi connectivity index (χ3n) is 4.77. The lowest BCUT2D eigenvalue weighted by atomic mass is 9.86. The monoisotopic (exact) mass is 290 g/mol. The van der Waals surface area contributed by atoms with E-state index >= 15 is 0 Å². The quantitative estimate of drug-likeness (QED) is 0.927. The van der Waals surface area contributed by atoms with E-state index in [1.807, 2.05) is 0 Å². The van der Waals surface area contributed by atoms with Gasteiger partial charge in [0.25, 0.3) is 0 Å². The summed E-state index contributed by atoms with van der Waals surface area (Å²) in [6.45, 7) is 12.2. The molecular weight excluding hydrogens is 260 g/mol. The number of likely N-dealkylation sites (N-methyl/N-ethyl adjacent to an activating group) is 1. The van der Waals surface area contributed by atoms with Gasteiger partial charge in [-0.05, 0) is 30.5 Å². The second kappa shape index (κ2) is 6.47. The van der Waals surface area contributed by atoms with Crippen molar-refractivity contribution in [3.05, 3.63) is 35.4 Å². The van der Waals surface area contributed by atoms with E-state index in [-0.39, 0.29) is 18.1 Å². The highest BCUT2D eigenvalue weighted by atomic mass is 16.3. The summed E-state index contributed by atoms with van der Waals surface area (Å²) in [7, 11) is 2.17. The molecule has 118 valence electrons. The SMILES string of the molecule is CC1CN(C(CO)c2ccc(C(C)(C)C)cc2)CCN1C. The third-order valence-corrected chi connectivity index (χ3v) is 4.77. The summed E-state index contributed by atoms with van der Waals surface area (Å²) >= 11 is 0. The van der Waals surface area contributed by atoms with Gasteiger partial charge >= 0.3 is 0 Å². The Hall–Kier alpha value is -0.900. The molecule has 1 saturated heterocycles. The lowest BCUT2D eigenvalue weighted by Gasteiger charge is -2.41. The van der Waals surface area contributed by atoms with Crippen LogP contribution in [0.2, 0.25) is 0 Å². The van der Waals surface area contributed by atoms with Crippen molar-refractivity contribution in [3.8, 4) is 0 Å². The Morgan fingerprint density at radius 3 is 2.29 bits per heavy atom. The van der Waals surface area contributed by atoms with Crippen molar-refractivity contribution < 1.29 is 5.11 Å². The molecule has 1 aromatic carbocycles. The molecule has 1 N–H and O–H groups in total. The van der Waals surface area contributed by atoms with Crippen molar-refractivity contribution in [2.75, 3.05) is 33.3 Å². The van der Waals surface area contributed by atoms with Crippen LogP contribution < -0.4 is 0 Å². The molecule has 2 unspecified atom stereocenters. The van der Waals surface area contributed by atoms with Crippen LogP contribution in [0.15, 0.2) is 24.3 Å².